The molecule has 1 aromatic heterocycles. The molecule has 1 atom stereocenters. The van der Waals surface area contributed by atoms with Crippen molar-refractivity contribution in [2.24, 2.45) is 12.0 Å². The summed E-state index contributed by atoms with van der Waals surface area (Å²) < 4.78 is 1.99. The van der Waals surface area contributed by atoms with Gasteiger partial charge < -0.3 is 15.2 Å². The summed E-state index contributed by atoms with van der Waals surface area (Å²) in [5.74, 6) is 2.69. The average Bonchev–Trinajstić information content (AvgIpc) is 3.34. The molecule has 138 valence electrons. The first-order chi connectivity index (χ1) is 12.2. The van der Waals surface area contributed by atoms with E-state index in [0.29, 0.717) is 18.6 Å². The Labute approximate surface area is 150 Å². The molecule has 2 aliphatic rings. The number of aryl methyl sites for hydroxylation is 1. The fraction of sp³-hybridized carbons (Fsp3) is 0.722. The van der Waals surface area contributed by atoms with Crippen LogP contribution >= 0.6 is 0 Å². The first-order valence-electron chi connectivity index (χ1n) is 9.46. The Morgan fingerprint density at radius 1 is 1.32 bits per heavy atom. The lowest BCUT2D eigenvalue weighted by Crippen LogP contribution is -2.47. The highest BCUT2D eigenvalue weighted by Crippen LogP contribution is 2.15. The van der Waals surface area contributed by atoms with Crippen LogP contribution in [-0.2, 0) is 13.6 Å². The van der Waals surface area contributed by atoms with Gasteiger partial charge in [0.25, 0.3) is 0 Å². The number of hydrogen-bond acceptors (Lipinski definition) is 4. The molecule has 0 saturated carbocycles. The third kappa shape index (κ3) is 4.60. The molecule has 7 heteroatoms. The molecule has 1 aliphatic carbocycles. The van der Waals surface area contributed by atoms with E-state index in [1.165, 1.54) is 19.4 Å². The van der Waals surface area contributed by atoms with Gasteiger partial charge in [-0.25, -0.2) is 4.99 Å². The van der Waals surface area contributed by atoms with Crippen molar-refractivity contribution in [3.63, 3.8) is 0 Å². The van der Waals surface area contributed by atoms with Crippen molar-refractivity contribution in [1.29, 1.82) is 0 Å². The summed E-state index contributed by atoms with van der Waals surface area (Å²) in [6, 6.07) is 1.05. The Morgan fingerprint density at radius 2 is 2.12 bits per heavy atom. The van der Waals surface area contributed by atoms with Gasteiger partial charge in [-0.15, -0.1) is 10.2 Å². The van der Waals surface area contributed by atoms with E-state index in [1.807, 2.05) is 18.5 Å². The van der Waals surface area contributed by atoms with Crippen LogP contribution in [0, 0.1) is 6.92 Å². The van der Waals surface area contributed by atoms with Crippen molar-refractivity contribution in [3.05, 3.63) is 23.8 Å². The Hall–Kier alpha value is -1.89. The van der Waals surface area contributed by atoms with Gasteiger partial charge in [0, 0.05) is 25.7 Å². The molecule has 0 amide bonds. The van der Waals surface area contributed by atoms with Gasteiger partial charge in [0.2, 0.25) is 0 Å². The van der Waals surface area contributed by atoms with Crippen molar-refractivity contribution >= 4 is 5.96 Å². The van der Waals surface area contributed by atoms with Gasteiger partial charge in [0.05, 0.1) is 0 Å². The molecular weight excluding hydrogens is 314 g/mol. The molecule has 1 unspecified atom stereocenters. The molecule has 0 spiro atoms. The summed E-state index contributed by atoms with van der Waals surface area (Å²) in [6.45, 7) is 8.02. The van der Waals surface area contributed by atoms with E-state index < -0.39 is 0 Å². The first kappa shape index (κ1) is 17.9. The van der Waals surface area contributed by atoms with Crippen LogP contribution in [0.2, 0.25) is 0 Å². The fourth-order valence-electron chi connectivity index (χ4n) is 3.58. The number of rotatable bonds is 6. The minimum Gasteiger partial charge on any atom is -0.355 e. The molecule has 3 rings (SSSR count). The lowest BCUT2D eigenvalue weighted by molar-refractivity contribution is 0.266. The molecule has 7 nitrogen and oxygen atoms in total. The molecule has 1 fully saturated rings. The van der Waals surface area contributed by atoms with Gasteiger partial charge in [-0.1, -0.05) is 19.1 Å². The van der Waals surface area contributed by atoms with Crippen LogP contribution in [0.15, 0.2) is 17.1 Å². The van der Waals surface area contributed by atoms with Gasteiger partial charge in [-0.3, -0.25) is 4.90 Å². The molecule has 25 heavy (non-hydrogen) atoms. The minimum absolute atomic E-state index is 0.443. The largest absolute Gasteiger partial charge is 0.355 e. The lowest BCUT2D eigenvalue weighted by atomic mass is 10.2. The van der Waals surface area contributed by atoms with Crippen molar-refractivity contribution < 1.29 is 0 Å². The van der Waals surface area contributed by atoms with Gasteiger partial charge in [-0.2, -0.15) is 0 Å². The van der Waals surface area contributed by atoms with Gasteiger partial charge in [0.15, 0.2) is 11.8 Å². The molecule has 2 N–H and O–H groups in total. The number of guanidine groups is 1. The normalized spacial score (nSPS) is 22.0. The zero-order valence-corrected chi connectivity index (χ0v) is 15.7. The highest BCUT2D eigenvalue weighted by molar-refractivity contribution is 5.80. The summed E-state index contributed by atoms with van der Waals surface area (Å²) in [4.78, 5) is 7.32. The maximum absolute atomic E-state index is 4.77. The molecule has 1 aliphatic heterocycles. The SMILES string of the molecule is CCN1CCCC1CNC(=NCc1nnc(C)n1C)NC1CC=CC1. The van der Waals surface area contributed by atoms with E-state index >= 15 is 0 Å². The molecule has 0 aromatic carbocycles. The van der Waals surface area contributed by atoms with E-state index in [4.69, 9.17) is 4.99 Å². The summed E-state index contributed by atoms with van der Waals surface area (Å²) in [6.07, 6.45) is 9.16. The number of likely N-dealkylation sites (tertiary alicyclic amines) is 1. The second-order valence-corrected chi connectivity index (χ2v) is 6.98. The maximum Gasteiger partial charge on any atom is 0.192 e. The van der Waals surface area contributed by atoms with Crippen LogP contribution in [0.4, 0.5) is 0 Å². The maximum atomic E-state index is 4.77. The third-order valence-electron chi connectivity index (χ3n) is 5.32. The quantitative estimate of drug-likeness (QED) is 0.463. The van der Waals surface area contributed by atoms with Crippen molar-refractivity contribution in [2.45, 2.75) is 58.2 Å². The van der Waals surface area contributed by atoms with E-state index in [2.05, 4.69) is 44.8 Å². The van der Waals surface area contributed by atoms with Crippen molar-refractivity contribution in [2.75, 3.05) is 19.6 Å². The smallest absolute Gasteiger partial charge is 0.192 e. The number of hydrogen-bond donors (Lipinski definition) is 2. The predicted molar refractivity (Wildman–Crippen MR) is 100 cm³/mol. The van der Waals surface area contributed by atoms with Crippen molar-refractivity contribution in [1.82, 2.24) is 30.3 Å². The second kappa shape index (κ2) is 8.47. The molecule has 2 heterocycles. The molecular formula is C18H31N7. The zero-order chi connectivity index (χ0) is 17.6. The summed E-state index contributed by atoms with van der Waals surface area (Å²) in [7, 11) is 1.99. The molecule has 1 aromatic rings. The fourth-order valence-corrected chi connectivity index (χ4v) is 3.58. The van der Waals surface area contributed by atoms with E-state index in [-0.39, 0.29) is 0 Å². The number of likely N-dealkylation sites (N-methyl/N-ethyl adjacent to an activating group) is 1. The standard InChI is InChI=1S/C18H31N7/c1-4-25-11-7-10-16(25)12-19-18(21-15-8-5-6-9-15)20-13-17-23-22-14(2)24(17)3/h5-6,15-16H,4,7-13H2,1-3H3,(H2,19,20,21). The number of nitrogens with one attached hydrogen (secondary N) is 2. The Balaban J connectivity index is 1.61. The van der Waals surface area contributed by atoms with E-state index in [1.54, 1.807) is 0 Å². The summed E-state index contributed by atoms with van der Waals surface area (Å²) in [5.41, 5.74) is 0. The highest BCUT2D eigenvalue weighted by Gasteiger charge is 2.23. The Morgan fingerprint density at radius 3 is 2.80 bits per heavy atom. The molecule has 1 saturated heterocycles. The molecule has 0 bridgehead atoms. The zero-order valence-electron chi connectivity index (χ0n) is 15.7. The van der Waals surface area contributed by atoms with Crippen molar-refractivity contribution in [3.8, 4) is 0 Å². The van der Waals surface area contributed by atoms with Crippen LogP contribution < -0.4 is 10.6 Å². The minimum atomic E-state index is 0.443. The van der Waals surface area contributed by atoms with Crippen LogP contribution in [-0.4, -0.2) is 57.3 Å². The predicted octanol–water partition coefficient (Wildman–Crippen LogP) is 1.36. The average molecular weight is 345 g/mol. The van der Waals surface area contributed by atoms with Crippen LogP contribution in [0.5, 0.6) is 0 Å². The van der Waals surface area contributed by atoms with Gasteiger partial charge in [0.1, 0.15) is 12.4 Å². The van der Waals surface area contributed by atoms with E-state index in [0.717, 1.165) is 43.5 Å². The summed E-state index contributed by atoms with van der Waals surface area (Å²) in [5, 5.41) is 15.5. The van der Waals surface area contributed by atoms with Gasteiger partial charge >= 0.3 is 0 Å². The van der Waals surface area contributed by atoms with Gasteiger partial charge in [-0.05, 0) is 45.7 Å². The topological polar surface area (TPSA) is 70.4 Å². The molecule has 0 radical (unpaired) electrons. The van der Waals surface area contributed by atoms with E-state index in [9.17, 15) is 0 Å². The number of aliphatic imine (C=N–C) groups is 1. The third-order valence-corrected chi connectivity index (χ3v) is 5.32. The highest BCUT2D eigenvalue weighted by atomic mass is 15.3. The van der Waals surface area contributed by atoms with Crippen LogP contribution in [0.3, 0.4) is 0 Å². The first-order valence-corrected chi connectivity index (χ1v) is 9.46. The lowest BCUT2D eigenvalue weighted by Gasteiger charge is -2.25. The Bertz CT molecular complexity index is 611. The van der Waals surface area contributed by atoms with Crippen LogP contribution in [0.1, 0.15) is 44.3 Å². The number of nitrogens with zero attached hydrogens (tertiary/aromatic N) is 5. The number of aromatic nitrogens is 3. The second-order valence-electron chi connectivity index (χ2n) is 6.98. The Kier molecular flexibility index (Phi) is 6.07. The summed E-state index contributed by atoms with van der Waals surface area (Å²) >= 11 is 0. The van der Waals surface area contributed by atoms with Crippen LogP contribution in [0.25, 0.3) is 0 Å². The monoisotopic (exact) mass is 345 g/mol.